The van der Waals surface area contributed by atoms with Crippen LogP contribution in [0.1, 0.15) is 52.4 Å². The molecule has 0 amide bonds. The molecule has 3 heteroatoms. The first-order valence-corrected chi connectivity index (χ1v) is 5.66. The summed E-state index contributed by atoms with van der Waals surface area (Å²) in [6, 6.07) is 0. The minimum Gasteiger partial charge on any atom is -0.394 e. The minimum absolute atomic E-state index is 0.132. The molecule has 0 saturated carbocycles. The maximum absolute atomic E-state index is 5.33. The van der Waals surface area contributed by atoms with Crippen LogP contribution in [0.25, 0.3) is 0 Å². The molecule has 0 heterocycles. The molecule has 0 aromatic rings. The average Bonchev–Trinajstić information content (AvgIpc) is 2.16. The fourth-order valence-corrected chi connectivity index (χ4v) is 1.23. The summed E-state index contributed by atoms with van der Waals surface area (Å²) in [6.45, 7) is 4.92. The van der Waals surface area contributed by atoms with E-state index in [2.05, 4.69) is 17.4 Å². The van der Waals surface area contributed by atoms with Crippen molar-refractivity contribution >= 4 is 10.5 Å². The number of hydrogen-bond donors (Lipinski definition) is 0. The van der Waals surface area contributed by atoms with Gasteiger partial charge in [-0.1, -0.05) is 39.0 Å². The topological polar surface area (TPSA) is 18.5 Å². The summed E-state index contributed by atoms with van der Waals surface area (Å²) in [7, 11) is 2.94. The first-order valence-electron chi connectivity index (χ1n) is 5.25. The van der Waals surface area contributed by atoms with Crippen molar-refractivity contribution < 1.29 is 9.16 Å². The summed E-state index contributed by atoms with van der Waals surface area (Å²) in [6.07, 6.45) is 7.65. The van der Waals surface area contributed by atoms with Crippen LogP contribution >= 0.6 is 0 Å². The van der Waals surface area contributed by atoms with Crippen LogP contribution in [0.2, 0.25) is 0 Å². The Labute approximate surface area is 85.5 Å². The fourth-order valence-electron chi connectivity index (χ4n) is 1.17. The first kappa shape index (κ1) is 13.1. The number of unbranched alkanes of at least 4 members (excludes halogenated alkanes) is 5. The summed E-state index contributed by atoms with van der Waals surface area (Å²) in [4.78, 5) is 0. The standard InChI is InChI=1S/C10H21O2Si/c1-3-4-5-6-7-8-9-11-10(2)12-13/h10H,3-9H2,1-2H3. The van der Waals surface area contributed by atoms with Crippen molar-refractivity contribution in [3.63, 3.8) is 0 Å². The fraction of sp³-hybridized carbons (Fsp3) is 1.00. The van der Waals surface area contributed by atoms with E-state index < -0.39 is 0 Å². The third-order valence-electron chi connectivity index (χ3n) is 2.02. The molecule has 0 bridgehead atoms. The summed E-state index contributed by atoms with van der Waals surface area (Å²) in [5.41, 5.74) is 0. The van der Waals surface area contributed by atoms with E-state index in [1.165, 1.54) is 32.1 Å². The van der Waals surface area contributed by atoms with E-state index in [0.29, 0.717) is 0 Å². The highest BCUT2D eigenvalue weighted by Crippen LogP contribution is 2.05. The van der Waals surface area contributed by atoms with Gasteiger partial charge in [-0.25, -0.2) is 0 Å². The normalized spacial score (nSPS) is 13.2. The van der Waals surface area contributed by atoms with Crippen LogP contribution < -0.4 is 0 Å². The van der Waals surface area contributed by atoms with Gasteiger partial charge in [0.15, 0.2) is 0 Å². The van der Waals surface area contributed by atoms with Crippen LogP contribution in [0.5, 0.6) is 0 Å². The Morgan fingerprint density at radius 1 is 1.08 bits per heavy atom. The zero-order valence-electron chi connectivity index (χ0n) is 8.84. The summed E-state index contributed by atoms with van der Waals surface area (Å²) >= 11 is 0. The van der Waals surface area contributed by atoms with Gasteiger partial charge in [0.05, 0.1) is 0 Å². The van der Waals surface area contributed by atoms with Gasteiger partial charge in [-0.3, -0.25) is 0 Å². The molecule has 0 fully saturated rings. The van der Waals surface area contributed by atoms with E-state index in [1.807, 2.05) is 6.92 Å². The van der Waals surface area contributed by atoms with Crippen LogP contribution in [-0.2, 0) is 9.16 Å². The molecule has 0 aromatic carbocycles. The van der Waals surface area contributed by atoms with Crippen molar-refractivity contribution in [1.82, 2.24) is 0 Å². The highest BCUT2D eigenvalue weighted by Gasteiger charge is 1.97. The van der Waals surface area contributed by atoms with Crippen LogP contribution in [0.4, 0.5) is 0 Å². The molecule has 0 saturated heterocycles. The van der Waals surface area contributed by atoms with Crippen molar-refractivity contribution in [3.05, 3.63) is 0 Å². The second kappa shape index (κ2) is 10.2. The molecule has 0 spiro atoms. The summed E-state index contributed by atoms with van der Waals surface area (Å²) in [5, 5.41) is 0. The Kier molecular flexibility index (Phi) is 10.3. The molecule has 0 N–H and O–H groups in total. The van der Waals surface area contributed by atoms with Crippen molar-refractivity contribution in [1.29, 1.82) is 0 Å². The zero-order chi connectivity index (χ0) is 9.94. The van der Waals surface area contributed by atoms with Crippen LogP contribution in [0.15, 0.2) is 0 Å². The van der Waals surface area contributed by atoms with Gasteiger partial charge in [-0.05, 0) is 13.3 Å². The Morgan fingerprint density at radius 2 is 1.69 bits per heavy atom. The molecule has 0 aliphatic carbocycles. The predicted molar refractivity (Wildman–Crippen MR) is 55.6 cm³/mol. The Hall–Kier alpha value is 0.137. The Bertz CT molecular complexity index is 98.9. The second-order valence-corrected chi connectivity index (χ2v) is 3.56. The average molecular weight is 201 g/mol. The molecule has 0 aliphatic heterocycles. The number of hydrogen-bond acceptors (Lipinski definition) is 2. The van der Waals surface area contributed by atoms with Crippen molar-refractivity contribution in [2.45, 2.75) is 58.7 Å². The van der Waals surface area contributed by atoms with Crippen LogP contribution in [-0.4, -0.2) is 23.4 Å². The first-order chi connectivity index (χ1) is 6.31. The lowest BCUT2D eigenvalue weighted by Gasteiger charge is -2.10. The summed E-state index contributed by atoms with van der Waals surface area (Å²) < 4.78 is 10.1. The summed E-state index contributed by atoms with van der Waals surface area (Å²) in [5.74, 6) is 0. The molecule has 2 nitrogen and oxygen atoms in total. The lowest BCUT2D eigenvalue weighted by Crippen LogP contribution is -2.11. The maximum Gasteiger partial charge on any atom is 0.249 e. The molecule has 0 rings (SSSR count). The largest absolute Gasteiger partial charge is 0.394 e. The number of ether oxygens (including phenoxy) is 1. The quantitative estimate of drug-likeness (QED) is 0.324. The van der Waals surface area contributed by atoms with Crippen LogP contribution in [0, 0.1) is 0 Å². The zero-order valence-corrected chi connectivity index (χ0v) is 9.84. The van der Waals surface area contributed by atoms with Gasteiger partial charge < -0.3 is 9.16 Å². The van der Waals surface area contributed by atoms with E-state index in [1.54, 1.807) is 0 Å². The Morgan fingerprint density at radius 3 is 2.31 bits per heavy atom. The van der Waals surface area contributed by atoms with E-state index >= 15 is 0 Å². The van der Waals surface area contributed by atoms with E-state index in [-0.39, 0.29) is 6.29 Å². The molecule has 1 atom stereocenters. The molecule has 0 aromatic heterocycles. The molecule has 1 unspecified atom stereocenters. The third kappa shape index (κ3) is 10.1. The van der Waals surface area contributed by atoms with Gasteiger partial charge in [-0.2, -0.15) is 0 Å². The lowest BCUT2D eigenvalue weighted by molar-refractivity contribution is -0.0639. The second-order valence-electron chi connectivity index (χ2n) is 3.32. The molecule has 0 aliphatic rings. The van der Waals surface area contributed by atoms with Gasteiger partial charge in [0, 0.05) is 6.61 Å². The SMILES string of the molecule is CCCCCCCCOC(C)O[Si]. The van der Waals surface area contributed by atoms with Gasteiger partial charge in [0.25, 0.3) is 0 Å². The molecule has 3 radical (unpaired) electrons. The lowest BCUT2D eigenvalue weighted by atomic mass is 10.1. The highest BCUT2D eigenvalue weighted by molar-refractivity contribution is 5.98. The molecule has 13 heavy (non-hydrogen) atoms. The van der Waals surface area contributed by atoms with Gasteiger partial charge in [0.2, 0.25) is 10.5 Å². The van der Waals surface area contributed by atoms with Crippen molar-refractivity contribution in [3.8, 4) is 0 Å². The van der Waals surface area contributed by atoms with Gasteiger partial charge >= 0.3 is 0 Å². The molecular formula is C10H21O2Si. The maximum atomic E-state index is 5.33. The Balaban J connectivity index is 2.91. The van der Waals surface area contributed by atoms with Crippen molar-refractivity contribution in [2.24, 2.45) is 0 Å². The van der Waals surface area contributed by atoms with Gasteiger partial charge in [-0.15, -0.1) is 0 Å². The predicted octanol–water partition coefficient (Wildman–Crippen LogP) is 2.81. The third-order valence-corrected chi connectivity index (χ3v) is 2.35. The molecule has 77 valence electrons. The van der Waals surface area contributed by atoms with Crippen molar-refractivity contribution in [2.75, 3.05) is 6.61 Å². The van der Waals surface area contributed by atoms with E-state index in [9.17, 15) is 0 Å². The van der Waals surface area contributed by atoms with E-state index in [4.69, 9.17) is 9.16 Å². The van der Waals surface area contributed by atoms with Crippen LogP contribution in [0.3, 0.4) is 0 Å². The monoisotopic (exact) mass is 201 g/mol. The number of rotatable bonds is 9. The van der Waals surface area contributed by atoms with E-state index in [0.717, 1.165) is 13.0 Å². The smallest absolute Gasteiger partial charge is 0.249 e. The van der Waals surface area contributed by atoms with Gasteiger partial charge in [0.1, 0.15) is 6.29 Å². The molecular weight excluding hydrogens is 180 g/mol. The minimum atomic E-state index is -0.132. The highest BCUT2D eigenvalue weighted by atomic mass is 28.2.